The maximum absolute atomic E-state index is 6.20. The fourth-order valence-electron chi connectivity index (χ4n) is 3.16. The minimum Gasteiger partial charge on any atom is -0.361 e. The second-order valence-corrected chi connectivity index (χ2v) is 6.89. The molecule has 0 aliphatic carbocycles. The molecular weight excluding hydrogens is 348 g/mol. The molecule has 0 saturated heterocycles. The van der Waals surface area contributed by atoms with Crippen molar-refractivity contribution in [3.05, 3.63) is 101 Å². The number of nitrogens with zero attached hydrogens (tertiary/aromatic N) is 1. The first-order chi connectivity index (χ1) is 12.2. The maximum atomic E-state index is 6.20. The Morgan fingerprint density at radius 3 is 2.32 bits per heavy atom. The summed E-state index contributed by atoms with van der Waals surface area (Å²) in [4.78, 5) is 3.03. The summed E-state index contributed by atoms with van der Waals surface area (Å²) in [6.07, 6.45) is -0.0115. The third-order valence-electron chi connectivity index (χ3n) is 4.39. The van der Waals surface area contributed by atoms with Gasteiger partial charge in [-0.05, 0) is 29.3 Å². The summed E-state index contributed by atoms with van der Waals surface area (Å²) in [7, 11) is 0. The SMILES string of the molecule is S=C1c2cc(Cl)ccc2NC(c2ccccc2)N1Cc1ccccc1. The summed E-state index contributed by atoms with van der Waals surface area (Å²) in [5, 5.41) is 4.32. The quantitative estimate of drug-likeness (QED) is 0.605. The predicted molar refractivity (Wildman–Crippen MR) is 108 cm³/mol. The number of rotatable bonds is 3. The summed E-state index contributed by atoms with van der Waals surface area (Å²) in [5.41, 5.74) is 4.40. The number of hydrogen-bond acceptors (Lipinski definition) is 2. The van der Waals surface area contributed by atoms with Crippen LogP contribution in [0.1, 0.15) is 22.9 Å². The van der Waals surface area contributed by atoms with Crippen LogP contribution in [0.4, 0.5) is 5.69 Å². The fraction of sp³-hybridized carbons (Fsp3) is 0.0952. The van der Waals surface area contributed by atoms with Gasteiger partial charge in [0.2, 0.25) is 0 Å². The Bertz CT molecular complexity index is 896. The molecule has 1 unspecified atom stereocenters. The molecule has 0 bridgehead atoms. The zero-order chi connectivity index (χ0) is 17.2. The average Bonchev–Trinajstić information content (AvgIpc) is 2.66. The molecule has 1 aliphatic rings. The number of halogens is 1. The van der Waals surface area contributed by atoms with Crippen LogP contribution < -0.4 is 5.32 Å². The van der Waals surface area contributed by atoms with Crippen LogP contribution in [0, 0.1) is 0 Å². The molecule has 3 aromatic carbocycles. The highest BCUT2D eigenvalue weighted by Crippen LogP contribution is 2.35. The van der Waals surface area contributed by atoms with Gasteiger partial charge in [-0.25, -0.2) is 0 Å². The van der Waals surface area contributed by atoms with Crippen LogP contribution in [-0.4, -0.2) is 9.89 Å². The molecule has 3 aromatic rings. The van der Waals surface area contributed by atoms with Gasteiger partial charge in [0.15, 0.2) is 0 Å². The summed E-state index contributed by atoms with van der Waals surface area (Å²) in [6.45, 7) is 0.734. The topological polar surface area (TPSA) is 15.3 Å². The van der Waals surface area contributed by atoms with Crippen LogP contribution in [-0.2, 0) is 6.54 Å². The Morgan fingerprint density at radius 2 is 1.60 bits per heavy atom. The minimum absolute atomic E-state index is 0.0115. The van der Waals surface area contributed by atoms with Crippen molar-refractivity contribution in [2.45, 2.75) is 12.7 Å². The van der Waals surface area contributed by atoms with Gasteiger partial charge in [0, 0.05) is 22.8 Å². The molecule has 0 saturated carbocycles. The van der Waals surface area contributed by atoms with Crippen molar-refractivity contribution in [1.82, 2.24) is 4.90 Å². The molecule has 0 spiro atoms. The van der Waals surface area contributed by atoms with Crippen molar-refractivity contribution in [2.75, 3.05) is 5.32 Å². The summed E-state index contributed by atoms with van der Waals surface area (Å²) in [5.74, 6) is 0. The lowest BCUT2D eigenvalue weighted by molar-refractivity contribution is 0.339. The Hall–Kier alpha value is -2.36. The lowest BCUT2D eigenvalue weighted by Gasteiger charge is -2.40. The van der Waals surface area contributed by atoms with Crippen molar-refractivity contribution in [1.29, 1.82) is 0 Å². The van der Waals surface area contributed by atoms with Gasteiger partial charge in [-0.1, -0.05) is 84.5 Å². The zero-order valence-corrected chi connectivity index (χ0v) is 15.1. The second-order valence-electron chi connectivity index (χ2n) is 6.07. The van der Waals surface area contributed by atoms with Gasteiger partial charge in [0.05, 0.1) is 0 Å². The van der Waals surface area contributed by atoms with E-state index >= 15 is 0 Å². The Balaban J connectivity index is 1.77. The van der Waals surface area contributed by atoms with Crippen LogP contribution in [0.3, 0.4) is 0 Å². The van der Waals surface area contributed by atoms with E-state index in [1.54, 1.807) is 0 Å². The third kappa shape index (κ3) is 3.26. The third-order valence-corrected chi connectivity index (χ3v) is 5.08. The second kappa shape index (κ2) is 6.87. The average molecular weight is 365 g/mol. The van der Waals surface area contributed by atoms with Crippen molar-refractivity contribution >= 4 is 34.5 Å². The largest absolute Gasteiger partial charge is 0.361 e. The van der Waals surface area contributed by atoms with Crippen molar-refractivity contribution in [3.8, 4) is 0 Å². The Morgan fingerprint density at radius 1 is 0.920 bits per heavy atom. The molecule has 0 fully saturated rings. The highest BCUT2D eigenvalue weighted by atomic mass is 35.5. The van der Waals surface area contributed by atoms with Crippen LogP contribution in [0.2, 0.25) is 5.02 Å². The molecule has 1 heterocycles. The molecular formula is C21H17ClN2S. The van der Waals surface area contributed by atoms with E-state index in [1.165, 1.54) is 11.1 Å². The van der Waals surface area contributed by atoms with Gasteiger partial charge >= 0.3 is 0 Å². The number of anilines is 1. The van der Waals surface area contributed by atoms with Gasteiger partial charge in [-0.3, -0.25) is 0 Å². The summed E-state index contributed by atoms with van der Waals surface area (Å²) < 4.78 is 0. The predicted octanol–water partition coefficient (Wildman–Crippen LogP) is 5.64. The van der Waals surface area contributed by atoms with Crippen LogP contribution in [0.15, 0.2) is 78.9 Å². The zero-order valence-electron chi connectivity index (χ0n) is 13.5. The van der Waals surface area contributed by atoms with E-state index in [-0.39, 0.29) is 6.17 Å². The van der Waals surface area contributed by atoms with Gasteiger partial charge < -0.3 is 10.2 Å². The van der Waals surface area contributed by atoms with E-state index in [1.807, 2.05) is 30.3 Å². The molecule has 1 atom stereocenters. The first kappa shape index (κ1) is 16.1. The smallest absolute Gasteiger partial charge is 0.126 e. The molecule has 0 radical (unpaired) electrons. The van der Waals surface area contributed by atoms with E-state index in [9.17, 15) is 0 Å². The van der Waals surface area contributed by atoms with Gasteiger partial charge in [-0.2, -0.15) is 0 Å². The first-order valence-corrected chi connectivity index (χ1v) is 8.97. The van der Waals surface area contributed by atoms with Gasteiger partial charge in [0.1, 0.15) is 11.2 Å². The van der Waals surface area contributed by atoms with E-state index < -0.39 is 0 Å². The number of thiocarbonyl (C=S) groups is 1. The van der Waals surface area contributed by atoms with Crippen LogP contribution in [0.5, 0.6) is 0 Å². The Kier molecular flexibility index (Phi) is 4.43. The summed E-state index contributed by atoms with van der Waals surface area (Å²) in [6, 6.07) is 26.6. The molecule has 0 aromatic heterocycles. The standard InChI is InChI=1S/C21H17ClN2S/c22-17-11-12-19-18(13-17)21(25)24(14-15-7-3-1-4-8-15)20(23-19)16-9-5-2-6-10-16/h1-13,20,23H,14H2. The van der Waals surface area contributed by atoms with Crippen molar-refractivity contribution in [2.24, 2.45) is 0 Å². The highest BCUT2D eigenvalue weighted by Gasteiger charge is 2.30. The van der Waals surface area contributed by atoms with Crippen LogP contribution in [0.25, 0.3) is 0 Å². The Labute approximate surface area is 158 Å². The first-order valence-electron chi connectivity index (χ1n) is 8.18. The molecule has 4 rings (SSSR count). The normalized spacial score (nSPS) is 16.3. The van der Waals surface area contributed by atoms with E-state index in [0.29, 0.717) is 5.02 Å². The van der Waals surface area contributed by atoms with Gasteiger partial charge in [-0.15, -0.1) is 0 Å². The number of nitrogens with one attached hydrogen (secondary N) is 1. The molecule has 2 nitrogen and oxygen atoms in total. The molecule has 0 amide bonds. The maximum Gasteiger partial charge on any atom is 0.126 e. The highest BCUT2D eigenvalue weighted by molar-refractivity contribution is 7.80. The lowest BCUT2D eigenvalue weighted by Crippen LogP contribution is -2.41. The molecule has 124 valence electrons. The molecule has 25 heavy (non-hydrogen) atoms. The molecule has 1 aliphatic heterocycles. The van der Waals surface area contributed by atoms with Crippen LogP contribution >= 0.6 is 23.8 Å². The lowest BCUT2D eigenvalue weighted by atomic mass is 10.0. The number of hydrogen-bond donors (Lipinski definition) is 1. The number of fused-ring (bicyclic) bond motifs is 1. The van der Waals surface area contributed by atoms with Crippen molar-refractivity contribution < 1.29 is 0 Å². The van der Waals surface area contributed by atoms with Crippen molar-refractivity contribution in [3.63, 3.8) is 0 Å². The molecule has 4 heteroatoms. The summed E-state index contributed by atoms with van der Waals surface area (Å²) >= 11 is 12.0. The van der Waals surface area contributed by atoms with E-state index in [4.69, 9.17) is 23.8 Å². The van der Waals surface area contributed by atoms with Gasteiger partial charge in [0.25, 0.3) is 0 Å². The monoisotopic (exact) mass is 364 g/mol. The van der Waals surface area contributed by atoms with E-state index in [2.05, 4.69) is 58.7 Å². The number of benzene rings is 3. The fourth-order valence-corrected chi connectivity index (χ4v) is 3.67. The van der Waals surface area contributed by atoms with E-state index in [0.717, 1.165) is 22.8 Å². The molecule has 1 N–H and O–H groups in total. The minimum atomic E-state index is -0.0115.